The van der Waals surface area contributed by atoms with E-state index in [1.807, 2.05) is 6.92 Å². The molecule has 3 rings (SSSR count). The van der Waals surface area contributed by atoms with Gasteiger partial charge < -0.3 is 0 Å². The molecule has 0 aliphatic carbocycles. The third-order valence-corrected chi connectivity index (χ3v) is 5.09. The smallest absolute Gasteiger partial charge is 0.265 e. The number of benzene rings is 1. The molecule has 0 fully saturated rings. The van der Waals surface area contributed by atoms with E-state index in [0.29, 0.717) is 34.7 Å². The predicted molar refractivity (Wildman–Crippen MR) is 82.1 cm³/mol. The Morgan fingerprint density at radius 2 is 2.05 bits per heavy atom. The lowest BCUT2D eigenvalue weighted by molar-refractivity contribution is 0.598. The number of sulfonamides is 1. The van der Waals surface area contributed by atoms with Crippen LogP contribution >= 0.6 is 0 Å². The number of H-pyrrole nitrogens is 1. The minimum atomic E-state index is -3.75. The van der Waals surface area contributed by atoms with Crippen molar-refractivity contribution >= 4 is 26.7 Å². The van der Waals surface area contributed by atoms with Crippen LogP contribution in [0.2, 0.25) is 0 Å². The molecule has 3 aromatic rings. The Balaban J connectivity index is 2.08. The van der Waals surface area contributed by atoms with Crippen LogP contribution in [0.4, 0.5) is 5.69 Å². The van der Waals surface area contributed by atoms with Gasteiger partial charge in [-0.05, 0) is 32.9 Å². The van der Waals surface area contributed by atoms with Gasteiger partial charge in [0.05, 0.1) is 17.1 Å². The second-order valence-corrected chi connectivity index (χ2v) is 6.54. The maximum absolute atomic E-state index is 12.7. The topological polar surface area (TPSA) is 106 Å². The predicted octanol–water partition coefficient (Wildman–Crippen LogP) is 1.59. The number of anilines is 1. The molecule has 0 bridgehead atoms. The van der Waals surface area contributed by atoms with Gasteiger partial charge >= 0.3 is 0 Å². The Morgan fingerprint density at radius 3 is 2.73 bits per heavy atom. The molecule has 2 heterocycles. The van der Waals surface area contributed by atoms with Crippen molar-refractivity contribution in [3.8, 4) is 0 Å². The average molecular weight is 320 g/mol. The summed E-state index contributed by atoms with van der Waals surface area (Å²) in [5.41, 5.74) is 2.54. The summed E-state index contributed by atoms with van der Waals surface area (Å²) in [6.45, 7) is 5.96. The highest BCUT2D eigenvalue weighted by atomic mass is 32.2. The van der Waals surface area contributed by atoms with Crippen molar-refractivity contribution in [3.05, 3.63) is 29.6 Å². The molecule has 0 aliphatic rings. The second kappa shape index (κ2) is 5.09. The Kier molecular flexibility index (Phi) is 3.36. The third kappa shape index (κ3) is 2.23. The maximum atomic E-state index is 12.7. The highest BCUT2D eigenvalue weighted by Gasteiger charge is 2.25. The summed E-state index contributed by atoms with van der Waals surface area (Å²) in [6.07, 6.45) is 0. The molecule has 0 unspecified atom stereocenters. The van der Waals surface area contributed by atoms with E-state index in [2.05, 4.69) is 25.2 Å². The van der Waals surface area contributed by atoms with Crippen LogP contribution < -0.4 is 4.72 Å². The summed E-state index contributed by atoms with van der Waals surface area (Å²) in [5, 5.41) is 14.7. The summed E-state index contributed by atoms with van der Waals surface area (Å²) < 4.78 is 29.7. The molecule has 0 saturated heterocycles. The van der Waals surface area contributed by atoms with Gasteiger partial charge in [0.1, 0.15) is 15.9 Å². The Labute approximate surface area is 127 Å². The number of hydrogen-bond acceptors (Lipinski definition) is 5. The number of hydrogen-bond donors (Lipinski definition) is 2. The van der Waals surface area contributed by atoms with E-state index in [1.54, 1.807) is 36.7 Å². The molecule has 9 heteroatoms. The zero-order chi connectivity index (χ0) is 15.9. The first kappa shape index (κ1) is 14.5. The first-order valence-electron chi connectivity index (χ1n) is 6.80. The average Bonchev–Trinajstić information content (AvgIpc) is 3.03. The van der Waals surface area contributed by atoms with Gasteiger partial charge in [-0.2, -0.15) is 20.5 Å². The van der Waals surface area contributed by atoms with E-state index in [0.717, 1.165) is 0 Å². The van der Waals surface area contributed by atoms with Crippen LogP contribution in [-0.2, 0) is 16.6 Å². The highest BCUT2D eigenvalue weighted by Crippen LogP contribution is 2.25. The van der Waals surface area contributed by atoms with Crippen LogP contribution in [-0.4, -0.2) is 33.6 Å². The Bertz CT molecular complexity index is 941. The van der Waals surface area contributed by atoms with E-state index in [1.165, 1.54) is 0 Å². The van der Waals surface area contributed by atoms with Crippen LogP contribution in [0, 0.1) is 13.8 Å². The lowest BCUT2D eigenvalue weighted by Gasteiger charge is -2.09. The Hall–Kier alpha value is -2.42. The van der Waals surface area contributed by atoms with Crippen LogP contribution in [0.1, 0.15) is 18.3 Å². The highest BCUT2D eigenvalue weighted by molar-refractivity contribution is 7.92. The minimum absolute atomic E-state index is 0.204. The van der Waals surface area contributed by atoms with E-state index in [9.17, 15) is 8.42 Å². The van der Waals surface area contributed by atoms with E-state index >= 15 is 0 Å². The van der Waals surface area contributed by atoms with Crippen molar-refractivity contribution in [3.63, 3.8) is 0 Å². The van der Waals surface area contributed by atoms with Crippen LogP contribution in [0.25, 0.3) is 11.0 Å². The number of aromatic nitrogens is 5. The van der Waals surface area contributed by atoms with E-state index in [4.69, 9.17) is 0 Å². The molecule has 0 radical (unpaired) electrons. The lowest BCUT2D eigenvalue weighted by atomic mass is 10.3. The number of rotatable bonds is 4. The number of nitrogens with zero attached hydrogens (tertiary/aromatic N) is 4. The van der Waals surface area contributed by atoms with Gasteiger partial charge in [-0.1, -0.05) is 6.07 Å². The molecule has 116 valence electrons. The molecule has 1 aromatic carbocycles. The lowest BCUT2D eigenvalue weighted by Crippen LogP contribution is -2.15. The normalized spacial score (nSPS) is 12.0. The molecule has 22 heavy (non-hydrogen) atoms. The molecular formula is C13H16N6O2S. The standard InChI is InChI=1S/C13H16N6O2S/c1-4-19-9(3)13(8(2)16-19)22(20,21)17-11-7-5-6-10-12(11)15-18-14-10/h5-7,17H,4H2,1-3H3,(H,14,15,18). The number of para-hydroxylation sites is 1. The van der Waals surface area contributed by atoms with Crippen molar-refractivity contribution in [1.29, 1.82) is 0 Å². The SMILES string of the molecule is CCn1nc(C)c(S(=O)(=O)Nc2cccc3n[nH]nc23)c1C. The zero-order valence-corrected chi connectivity index (χ0v) is 13.3. The summed E-state index contributed by atoms with van der Waals surface area (Å²) in [7, 11) is -3.75. The van der Waals surface area contributed by atoms with Crippen molar-refractivity contribution in [2.75, 3.05) is 4.72 Å². The third-order valence-electron chi connectivity index (χ3n) is 3.47. The van der Waals surface area contributed by atoms with Crippen molar-refractivity contribution in [2.24, 2.45) is 0 Å². The second-order valence-electron chi connectivity index (χ2n) is 4.92. The number of aromatic amines is 1. The first-order valence-corrected chi connectivity index (χ1v) is 8.28. The molecule has 0 amide bonds. The minimum Gasteiger partial charge on any atom is -0.277 e. The fourth-order valence-corrected chi connectivity index (χ4v) is 4.00. The number of fused-ring (bicyclic) bond motifs is 1. The molecular weight excluding hydrogens is 304 g/mol. The van der Waals surface area contributed by atoms with Gasteiger partial charge in [-0.15, -0.1) is 0 Å². The van der Waals surface area contributed by atoms with Gasteiger partial charge in [-0.3, -0.25) is 9.40 Å². The van der Waals surface area contributed by atoms with Gasteiger partial charge in [0.2, 0.25) is 0 Å². The molecule has 0 spiro atoms. The fourth-order valence-electron chi connectivity index (χ4n) is 2.52. The van der Waals surface area contributed by atoms with Crippen molar-refractivity contribution in [2.45, 2.75) is 32.2 Å². The molecule has 2 N–H and O–H groups in total. The number of aryl methyl sites for hydroxylation is 2. The Morgan fingerprint density at radius 1 is 1.27 bits per heavy atom. The van der Waals surface area contributed by atoms with Gasteiger partial charge in [0.25, 0.3) is 10.0 Å². The maximum Gasteiger partial charge on any atom is 0.265 e. The summed E-state index contributed by atoms with van der Waals surface area (Å²) in [6, 6.07) is 5.12. The van der Waals surface area contributed by atoms with Gasteiger partial charge in [0, 0.05) is 6.54 Å². The van der Waals surface area contributed by atoms with Crippen molar-refractivity contribution < 1.29 is 8.42 Å². The van der Waals surface area contributed by atoms with Crippen LogP contribution in [0.5, 0.6) is 0 Å². The molecule has 0 aliphatic heterocycles. The zero-order valence-electron chi connectivity index (χ0n) is 12.5. The summed E-state index contributed by atoms with van der Waals surface area (Å²) >= 11 is 0. The molecule has 8 nitrogen and oxygen atoms in total. The van der Waals surface area contributed by atoms with Gasteiger partial charge in [-0.25, -0.2) is 8.42 Å². The molecule has 0 atom stereocenters. The van der Waals surface area contributed by atoms with Crippen LogP contribution in [0.3, 0.4) is 0 Å². The van der Waals surface area contributed by atoms with E-state index in [-0.39, 0.29) is 4.90 Å². The largest absolute Gasteiger partial charge is 0.277 e. The summed E-state index contributed by atoms with van der Waals surface area (Å²) in [5.74, 6) is 0. The fraction of sp³-hybridized carbons (Fsp3) is 0.308. The molecule has 0 saturated carbocycles. The number of nitrogens with one attached hydrogen (secondary N) is 2. The van der Waals surface area contributed by atoms with Crippen LogP contribution in [0.15, 0.2) is 23.1 Å². The van der Waals surface area contributed by atoms with E-state index < -0.39 is 10.0 Å². The van der Waals surface area contributed by atoms with Crippen molar-refractivity contribution in [1.82, 2.24) is 25.2 Å². The first-order chi connectivity index (χ1) is 10.4. The molecule has 2 aromatic heterocycles. The summed E-state index contributed by atoms with van der Waals surface area (Å²) in [4.78, 5) is 0.204. The van der Waals surface area contributed by atoms with Gasteiger partial charge in [0.15, 0.2) is 0 Å². The quantitative estimate of drug-likeness (QED) is 0.759. The monoisotopic (exact) mass is 320 g/mol.